The van der Waals surface area contributed by atoms with Crippen molar-refractivity contribution in [2.75, 3.05) is 7.11 Å². The molecule has 3 aliphatic rings. The number of methoxy groups -OCH3 is 1. The molecule has 7 rings (SSSR count). The summed E-state index contributed by atoms with van der Waals surface area (Å²) >= 11 is 6.75. The lowest BCUT2D eigenvalue weighted by Gasteiger charge is -2.23. The third-order valence-corrected chi connectivity index (χ3v) is 9.07. The van der Waals surface area contributed by atoms with Crippen LogP contribution in [0.4, 0.5) is 0 Å². The second kappa shape index (κ2) is 10.2. The summed E-state index contributed by atoms with van der Waals surface area (Å²) in [6, 6.07) is 1.38. The number of hydrogen-bond acceptors (Lipinski definition) is 12. The maximum absolute atomic E-state index is 14.2. The molecule has 2 heterocycles. The van der Waals surface area contributed by atoms with E-state index in [1.165, 1.54) is 23.2 Å². The minimum Gasteiger partial charge on any atom is -0.507 e. The minimum atomic E-state index is -2.24. The molecule has 2 aromatic carbocycles. The highest BCUT2D eigenvalue weighted by atomic mass is 35.5. The number of halogens is 1. The Morgan fingerprint density at radius 3 is 2.47 bits per heavy atom. The summed E-state index contributed by atoms with van der Waals surface area (Å²) in [5.74, 6) is -7.68. The number of ketones is 4. The smallest absolute Gasteiger partial charge is 0.260 e. The number of carbonyl (C=O) groups excluding carboxylic acids is 5. The number of allylic oxidation sites excluding steroid dienone is 2. The van der Waals surface area contributed by atoms with Crippen LogP contribution in [0.5, 0.6) is 17.2 Å². The summed E-state index contributed by atoms with van der Waals surface area (Å²) in [4.78, 5) is 85.9. The number of amides is 1. The fourth-order valence-electron chi connectivity index (χ4n) is 6.63. The van der Waals surface area contributed by atoms with Gasteiger partial charge in [0, 0.05) is 29.4 Å². The molecule has 0 bridgehead atoms. The minimum absolute atomic E-state index is 0.0435. The van der Waals surface area contributed by atoms with Gasteiger partial charge < -0.3 is 29.6 Å². The molecule has 1 spiro atoms. The number of carbonyl (C=O) groups is 5. The van der Waals surface area contributed by atoms with Gasteiger partial charge in [-0.05, 0) is 24.5 Å². The van der Waals surface area contributed by atoms with Gasteiger partial charge in [-0.25, -0.2) is 10.4 Å². The number of H-pyrrole nitrogens is 1. The lowest BCUT2D eigenvalue weighted by atomic mass is 9.76. The topological polar surface area (TPSA) is 230 Å². The quantitative estimate of drug-likeness (QED) is 0.0899. The van der Waals surface area contributed by atoms with E-state index in [1.807, 2.05) is 0 Å². The van der Waals surface area contributed by atoms with E-state index in [2.05, 4.69) is 20.5 Å². The third-order valence-electron chi connectivity index (χ3n) is 8.64. The van der Waals surface area contributed by atoms with Crippen LogP contribution in [-0.4, -0.2) is 72.2 Å². The summed E-state index contributed by atoms with van der Waals surface area (Å²) in [7, 11) is 1.11. The van der Waals surface area contributed by atoms with Gasteiger partial charge in [-0.15, -0.1) is 0 Å². The average molecular weight is 658 g/mol. The first-order chi connectivity index (χ1) is 22.4. The van der Waals surface area contributed by atoms with Gasteiger partial charge in [-0.1, -0.05) is 11.6 Å². The molecule has 0 fully saturated rings. The fraction of sp³-hybridized carbons (Fsp3) is 0.161. The predicted octanol–water partition coefficient (Wildman–Crippen LogP) is 1.82. The zero-order chi connectivity index (χ0) is 33.5. The van der Waals surface area contributed by atoms with Crippen LogP contribution in [0, 0.1) is 0 Å². The van der Waals surface area contributed by atoms with Crippen LogP contribution >= 0.6 is 11.6 Å². The number of aromatic nitrogens is 3. The summed E-state index contributed by atoms with van der Waals surface area (Å²) in [6.45, 7) is -0.0592. The Kier molecular flexibility index (Phi) is 6.44. The Morgan fingerprint density at radius 2 is 1.81 bits per heavy atom. The molecule has 47 heavy (non-hydrogen) atoms. The molecule has 0 unspecified atom stereocenters. The lowest BCUT2D eigenvalue weighted by Crippen LogP contribution is -2.36. The number of hydrogen-bond donors (Lipinski definition) is 5. The van der Waals surface area contributed by atoms with Crippen LogP contribution in [0.2, 0.25) is 5.02 Å². The van der Waals surface area contributed by atoms with E-state index in [0.717, 1.165) is 19.4 Å². The second-order valence-electron chi connectivity index (χ2n) is 11.1. The summed E-state index contributed by atoms with van der Waals surface area (Å²) in [5.41, 5.74) is -3.61. The van der Waals surface area contributed by atoms with Gasteiger partial charge >= 0.3 is 0 Å². The Morgan fingerprint density at radius 1 is 1.11 bits per heavy atom. The third kappa shape index (κ3) is 3.92. The number of imidazole rings is 1. The van der Waals surface area contributed by atoms with Crippen LogP contribution < -0.4 is 11.0 Å². The zero-order valence-electron chi connectivity index (χ0n) is 24.0. The SMILES string of the molecule is COC1=CC(=O)c2c(O)c3c(c(O)c2C1=O)C(=O)[C@]1(CCc2c1c(O)c1c(=O)[nH]c(/C=N/NC(=O)Cn4ccnc4)cc1c2Cl)C3=O. The van der Waals surface area contributed by atoms with Crippen LogP contribution in [0.15, 0.2) is 46.5 Å². The van der Waals surface area contributed by atoms with Gasteiger partial charge in [-0.3, -0.25) is 28.8 Å². The van der Waals surface area contributed by atoms with Crippen LogP contribution in [0.1, 0.15) is 64.7 Å². The maximum atomic E-state index is 14.2. The number of Topliss-reactive ketones (excluding diaryl/α,β-unsaturated/α-hetero) is 3. The normalized spacial score (nSPS) is 18.2. The molecular weight excluding hydrogens is 638 g/mol. The molecule has 0 aliphatic heterocycles. The molecule has 0 saturated heterocycles. The standard InChI is InChI=1S/C31H20ClN5O10/c1-47-15-7-14(38)18-19(24(15)40)26(42)21-20(25(18)41)28(44)31(29(21)45)3-2-12-22(31)27(43)17-13(23(12)32)6-11(35-30(17)46)8-34-36-16(39)9-37-5-4-33-10-37/h4-8,10,41-43H,2-3,9H2,1H3,(H,35,46)(H,36,39)/b34-8+/t31-/m0/s1. The number of nitrogens with zero attached hydrogens (tertiary/aromatic N) is 3. The Bertz CT molecular complexity index is 2300. The average Bonchev–Trinajstić information content (AvgIpc) is 3.75. The summed E-state index contributed by atoms with van der Waals surface area (Å²) < 4.78 is 6.42. The largest absolute Gasteiger partial charge is 0.507 e. The molecule has 0 radical (unpaired) electrons. The molecule has 15 nitrogen and oxygen atoms in total. The van der Waals surface area contributed by atoms with Crippen molar-refractivity contribution in [1.82, 2.24) is 20.0 Å². The molecule has 236 valence electrons. The highest BCUT2D eigenvalue weighted by Gasteiger charge is 2.62. The second-order valence-corrected chi connectivity index (χ2v) is 11.4. The van der Waals surface area contributed by atoms with Crippen molar-refractivity contribution < 1.29 is 44.0 Å². The van der Waals surface area contributed by atoms with Crippen molar-refractivity contribution in [2.45, 2.75) is 24.8 Å². The number of aromatic hydroxyl groups is 3. The van der Waals surface area contributed by atoms with E-state index in [1.54, 1.807) is 6.20 Å². The van der Waals surface area contributed by atoms with Gasteiger partial charge in [-0.2, -0.15) is 5.10 Å². The van der Waals surface area contributed by atoms with Gasteiger partial charge in [0.25, 0.3) is 11.5 Å². The number of phenolic OH excluding ortho intramolecular Hbond substituents is 3. The highest BCUT2D eigenvalue weighted by molar-refractivity contribution is 6.41. The van der Waals surface area contributed by atoms with Crippen molar-refractivity contribution in [2.24, 2.45) is 5.10 Å². The molecule has 16 heteroatoms. The molecule has 2 aromatic heterocycles. The molecule has 0 saturated carbocycles. The van der Waals surface area contributed by atoms with Crippen molar-refractivity contribution in [3.63, 3.8) is 0 Å². The van der Waals surface area contributed by atoms with E-state index in [9.17, 15) is 44.1 Å². The van der Waals surface area contributed by atoms with Gasteiger partial charge in [0.15, 0.2) is 23.1 Å². The van der Waals surface area contributed by atoms with Crippen molar-refractivity contribution in [3.05, 3.63) is 91.1 Å². The van der Waals surface area contributed by atoms with Crippen molar-refractivity contribution in [1.29, 1.82) is 0 Å². The van der Waals surface area contributed by atoms with Crippen molar-refractivity contribution >= 4 is 57.6 Å². The fourth-order valence-corrected chi connectivity index (χ4v) is 6.97. The first kappa shape index (κ1) is 29.6. The van der Waals surface area contributed by atoms with Gasteiger partial charge in [0.2, 0.25) is 5.78 Å². The van der Waals surface area contributed by atoms with Crippen LogP contribution in [0.25, 0.3) is 10.8 Å². The Balaban J connectivity index is 1.33. The number of pyridine rings is 1. The Labute approximate surface area is 266 Å². The van der Waals surface area contributed by atoms with Gasteiger partial charge in [0.05, 0.1) is 58.0 Å². The number of nitrogens with one attached hydrogen (secondary N) is 2. The number of ether oxygens (including phenoxy) is 1. The van der Waals surface area contributed by atoms with E-state index < -0.39 is 85.3 Å². The van der Waals surface area contributed by atoms with Crippen LogP contribution in [0.3, 0.4) is 0 Å². The molecular formula is C31H20ClN5O10. The molecule has 4 aromatic rings. The molecule has 1 atom stereocenters. The maximum Gasteiger partial charge on any atom is 0.260 e. The summed E-state index contributed by atoms with van der Waals surface area (Å²) in [6.07, 6.45) is 6.15. The Hall–Kier alpha value is -6.09. The number of rotatable bonds is 5. The molecule has 3 aliphatic carbocycles. The van der Waals surface area contributed by atoms with Crippen molar-refractivity contribution in [3.8, 4) is 17.2 Å². The monoisotopic (exact) mass is 657 g/mol. The van der Waals surface area contributed by atoms with Gasteiger partial charge in [0.1, 0.15) is 29.2 Å². The lowest BCUT2D eigenvalue weighted by molar-refractivity contribution is -0.121. The summed E-state index contributed by atoms with van der Waals surface area (Å²) in [5, 5.41) is 37.3. The highest BCUT2D eigenvalue weighted by Crippen LogP contribution is 2.58. The van der Waals surface area contributed by atoms with Crippen LogP contribution in [-0.2, 0) is 27.9 Å². The van der Waals surface area contributed by atoms with E-state index in [-0.39, 0.29) is 52.0 Å². The predicted molar refractivity (Wildman–Crippen MR) is 161 cm³/mol. The molecule has 5 N–H and O–H groups in total. The first-order valence-electron chi connectivity index (χ1n) is 13.9. The number of phenols is 3. The van der Waals surface area contributed by atoms with E-state index in [4.69, 9.17) is 16.3 Å². The first-order valence-corrected chi connectivity index (χ1v) is 14.2. The molecule has 1 amide bonds. The van der Waals surface area contributed by atoms with E-state index >= 15 is 0 Å². The number of hydrazone groups is 1. The van der Waals surface area contributed by atoms with E-state index in [0.29, 0.717) is 0 Å². The number of aromatic amines is 1. The number of fused-ring (bicyclic) bond motifs is 5. The zero-order valence-corrected chi connectivity index (χ0v) is 24.8. The number of benzene rings is 2.